The second-order valence-corrected chi connectivity index (χ2v) is 9.12. The average molecular weight is 454 g/mol. The van der Waals surface area contributed by atoms with Gasteiger partial charge in [0.15, 0.2) is 11.5 Å². The molecular formula is C19H20ClN3O6S. The van der Waals surface area contributed by atoms with Gasteiger partial charge < -0.3 is 9.47 Å². The summed E-state index contributed by atoms with van der Waals surface area (Å²) in [5.74, 6) is -0.593. The van der Waals surface area contributed by atoms with Gasteiger partial charge in [-0.15, -0.1) is 0 Å². The average Bonchev–Trinajstić information content (AvgIpc) is 2.97. The number of rotatable bonds is 4. The Kier molecular flexibility index (Phi) is 6.49. The molecule has 11 heteroatoms. The number of hydrazine groups is 1. The first kappa shape index (κ1) is 21.9. The normalized spacial score (nSPS) is 13.5. The molecule has 1 aliphatic heterocycles. The highest BCUT2D eigenvalue weighted by Gasteiger charge is 2.20. The van der Waals surface area contributed by atoms with Crippen LogP contribution in [0.5, 0.6) is 11.5 Å². The molecule has 2 amide bonds. The highest BCUT2D eigenvalue weighted by atomic mass is 35.5. The number of hydrogen-bond acceptors (Lipinski definition) is 6. The smallest absolute Gasteiger partial charge is 0.269 e. The highest BCUT2D eigenvalue weighted by Crippen LogP contribution is 2.37. The third-order valence-corrected chi connectivity index (χ3v) is 6.32. The third-order valence-electron chi connectivity index (χ3n) is 4.23. The standard InChI is InChI=1S/C19H20ClN3O6S/c1-23(2)30(26,27)14-6-3-5-12(9-14)18(24)21-22-19(25)13-10-15(20)17-16(11-13)28-7-4-8-29-17/h3,5-6,9-11H,4,7-8H2,1-2H3,(H,21,24)(H,22,25). The van der Waals surface area contributed by atoms with E-state index < -0.39 is 21.8 Å². The number of amides is 2. The summed E-state index contributed by atoms with van der Waals surface area (Å²) in [4.78, 5) is 24.8. The Bertz CT molecular complexity index is 1090. The molecule has 0 aromatic heterocycles. The summed E-state index contributed by atoms with van der Waals surface area (Å²) < 4.78 is 36.5. The van der Waals surface area contributed by atoms with Crippen molar-refractivity contribution in [1.29, 1.82) is 0 Å². The summed E-state index contributed by atoms with van der Waals surface area (Å²) in [5.41, 5.74) is 4.75. The Hall–Kier alpha value is -2.82. The van der Waals surface area contributed by atoms with Crippen molar-refractivity contribution >= 4 is 33.4 Å². The second-order valence-electron chi connectivity index (χ2n) is 6.56. The molecular weight excluding hydrogens is 434 g/mol. The minimum atomic E-state index is -3.70. The van der Waals surface area contributed by atoms with Crippen LogP contribution in [0, 0.1) is 0 Å². The number of nitrogens with zero attached hydrogens (tertiary/aromatic N) is 1. The minimum absolute atomic E-state index is 0.0406. The summed E-state index contributed by atoms with van der Waals surface area (Å²) in [6.07, 6.45) is 0.686. The van der Waals surface area contributed by atoms with Crippen molar-refractivity contribution in [2.75, 3.05) is 27.3 Å². The Morgan fingerprint density at radius 1 is 1.00 bits per heavy atom. The number of carbonyl (C=O) groups excluding carboxylic acids is 2. The van der Waals surface area contributed by atoms with Crippen molar-refractivity contribution in [2.45, 2.75) is 11.3 Å². The summed E-state index contributed by atoms with van der Waals surface area (Å²) >= 11 is 6.17. The van der Waals surface area contributed by atoms with Gasteiger partial charge in [0.1, 0.15) is 0 Å². The van der Waals surface area contributed by atoms with Crippen LogP contribution < -0.4 is 20.3 Å². The van der Waals surface area contributed by atoms with E-state index in [1.807, 2.05) is 0 Å². The number of benzene rings is 2. The van der Waals surface area contributed by atoms with E-state index in [9.17, 15) is 18.0 Å². The first-order valence-corrected chi connectivity index (χ1v) is 10.7. The molecule has 0 saturated heterocycles. The van der Waals surface area contributed by atoms with E-state index >= 15 is 0 Å². The van der Waals surface area contributed by atoms with Crippen molar-refractivity contribution in [3.63, 3.8) is 0 Å². The molecule has 2 aromatic carbocycles. The molecule has 9 nitrogen and oxygen atoms in total. The molecule has 0 atom stereocenters. The van der Waals surface area contributed by atoms with Gasteiger partial charge in [-0.1, -0.05) is 17.7 Å². The molecule has 1 heterocycles. The number of carbonyl (C=O) groups is 2. The Labute approximate surface area is 178 Å². The van der Waals surface area contributed by atoms with Crippen LogP contribution in [0.25, 0.3) is 0 Å². The lowest BCUT2D eigenvalue weighted by atomic mass is 10.2. The van der Waals surface area contributed by atoms with Gasteiger partial charge in [0, 0.05) is 31.6 Å². The number of sulfonamides is 1. The van der Waals surface area contributed by atoms with Crippen LogP contribution in [0.1, 0.15) is 27.1 Å². The van der Waals surface area contributed by atoms with Gasteiger partial charge in [0.2, 0.25) is 10.0 Å². The SMILES string of the molecule is CN(C)S(=O)(=O)c1cccc(C(=O)NNC(=O)c2cc(Cl)c3c(c2)OCCCO3)c1. The molecule has 30 heavy (non-hydrogen) atoms. The zero-order valence-corrected chi connectivity index (χ0v) is 17.8. The largest absolute Gasteiger partial charge is 0.489 e. The molecule has 1 aliphatic rings. The fourth-order valence-electron chi connectivity index (χ4n) is 2.63. The lowest BCUT2D eigenvalue weighted by Gasteiger charge is -2.13. The predicted octanol–water partition coefficient (Wildman–Crippen LogP) is 1.83. The monoisotopic (exact) mass is 453 g/mol. The van der Waals surface area contributed by atoms with Crippen LogP contribution in [0.2, 0.25) is 5.02 Å². The van der Waals surface area contributed by atoms with Gasteiger partial charge in [-0.05, 0) is 30.3 Å². The van der Waals surface area contributed by atoms with Crippen molar-refractivity contribution < 1.29 is 27.5 Å². The Morgan fingerprint density at radius 3 is 2.37 bits per heavy atom. The summed E-state index contributed by atoms with van der Waals surface area (Å²) in [6.45, 7) is 0.883. The zero-order chi connectivity index (χ0) is 21.9. The van der Waals surface area contributed by atoms with Gasteiger partial charge in [-0.2, -0.15) is 0 Å². The van der Waals surface area contributed by atoms with Gasteiger partial charge in [0.25, 0.3) is 11.8 Å². The van der Waals surface area contributed by atoms with E-state index in [-0.39, 0.29) is 21.0 Å². The summed E-state index contributed by atoms with van der Waals surface area (Å²) in [5, 5.41) is 0.215. The summed E-state index contributed by atoms with van der Waals surface area (Å²) in [7, 11) is -0.915. The first-order chi connectivity index (χ1) is 14.2. The van der Waals surface area contributed by atoms with Gasteiger partial charge >= 0.3 is 0 Å². The van der Waals surface area contributed by atoms with Crippen molar-refractivity contribution in [3.8, 4) is 11.5 Å². The lowest BCUT2D eigenvalue weighted by molar-refractivity contribution is 0.0846. The minimum Gasteiger partial charge on any atom is -0.489 e. The van der Waals surface area contributed by atoms with Crippen LogP contribution in [0.4, 0.5) is 0 Å². The molecule has 160 valence electrons. The molecule has 0 fully saturated rings. The van der Waals surface area contributed by atoms with Crippen LogP contribution in [0.15, 0.2) is 41.3 Å². The topological polar surface area (TPSA) is 114 Å². The van der Waals surface area contributed by atoms with Crippen molar-refractivity contribution in [2.24, 2.45) is 0 Å². The van der Waals surface area contributed by atoms with Crippen LogP contribution in [-0.4, -0.2) is 51.8 Å². The molecule has 0 aliphatic carbocycles. The maximum absolute atomic E-state index is 12.4. The van der Waals surface area contributed by atoms with E-state index in [0.717, 1.165) is 4.31 Å². The van der Waals surface area contributed by atoms with Gasteiger partial charge in [0.05, 0.1) is 23.1 Å². The fourth-order valence-corrected chi connectivity index (χ4v) is 3.84. The van der Waals surface area contributed by atoms with Gasteiger partial charge in [-0.3, -0.25) is 20.4 Å². The molecule has 3 rings (SSSR count). The van der Waals surface area contributed by atoms with E-state index in [1.54, 1.807) is 0 Å². The van der Waals surface area contributed by atoms with E-state index in [1.165, 1.54) is 50.5 Å². The van der Waals surface area contributed by atoms with Crippen LogP contribution in [0.3, 0.4) is 0 Å². The van der Waals surface area contributed by atoms with Crippen molar-refractivity contribution in [3.05, 3.63) is 52.5 Å². The fraction of sp³-hybridized carbons (Fsp3) is 0.263. The number of fused-ring (bicyclic) bond motifs is 1. The van der Waals surface area contributed by atoms with E-state index in [0.29, 0.717) is 31.1 Å². The number of ether oxygens (including phenoxy) is 2. The molecule has 2 N–H and O–H groups in total. The van der Waals surface area contributed by atoms with Gasteiger partial charge in [-0.25, -0.2) is 12.7 Å². The molecule has 2 aromatic rings. The number of hydrogen-bond donors (Lipinski definition) is 2. The molecule has 0 spiro atoms. The quantitative estimate of drug-likeness (QED) is 0.682. The number of halogens is 1. The van der Waals surface area contributed by atoms with Crippen molar-refractivity contribution in [1.82, 2.24) is 15.2 Å². The highest BCUT2D eigenvalue weighted by molar-refractivity contribution is 7.89. The first-order valence-electron chi connectivity index (χ1n) is 8.92. The zero-order valence-electron chi connectivity index (χ0n) is 16.3. The predicted molar refractivity (Wildman–Crippen MR) is 109 cm³/mol. The van der Waals surface area contributed by atoms with Crippen LogP contribution in [-0.2, 0) is 10.0 Å². The van der Waals surface area contributed by atoms with Crippen LogP contribution >= 0.6 is 11.6 Å². The Balaban J connectivity index is 1.72. The van der Waals surface area contributed by atoms with E-state index in [4.69, 9.17) is 21.1 Å². The lowest BCUT2D eigenvalue weighted by Crippen LogP contribution is -2.41. The summed E-state index contributed by atoms with van der Waals surface area (Å²) in [6, 6.07) is 8.35. The Morgan fingerprint density at radius 2 is 1.67 bits per heavy atom. The second kappa shape index (κ2) is 8.90. The maximum Gasteiger partial charge on any atom is 0.269 e. The molecule has 0 radical (unpaired) electrons. The molecule has 0 saturated carbocycles. The number of nitrogens with one attached hydrogen (secondary N) is 2. The maximum atomic E-state index is 12.4. The molecule has 0 bridgehead atoms. The third kappa shape index (κ3) is 4.66. The van der Waals surface area contributed by atoms with E-state index in [2.05, 4.69) is 10.9 Å². The molecule has 0 unspecified atom stereocenters.